The molecule has 0 aliphatic rings. The van der Waals surface area contributed by atoms with Crippen LogP contribution in [0.15, 0.2) is 36.4 Å². The van der Waals surface area contributed by atoms with Crippen molar-refractivity contribution in [2.24, 2.45) is 0 Å². The summed E-state index contributed by atoms with van der Waals surface area (Å²) in [7, 11) is 0. The number of anilines is 2. The minimum atomic E-state index is -3.01. The Hall–Kier alpha value is -2.87. The average Bonchev–Trinajstić information content (AvgIpc) is 2.54. The lowest BCUT2D eigenvalue weighted by molar-refractivity contribution is -0.0498. The molecule has 0 aliphatic heterocycles. The fourth-order valence-corrected chi connectivity index (χ4v) is 2.24. The Kier molecular flexibility index (Phi) is 5.66. The molecular weight excluding hydrogens is 349 g/mol. The van der Waals surface area contributed by atoms with Gasteiger partial charge in [-0.3, -0.25) is 4.79 Å². The molecule has 3 N–H and O–H groups in total. The summed E-state index contributed by atoms with van der Waals surface area (Å²) in [6.07, 6.45) is 0.422. The van der Waals surface area contributed by atoms with Crippen LogP contribution in [0.3, 0.4) is 0 Å². The summed E-state index contributed by atoms with van der Waals surface area (Å²) in [5.74, 6) is -0.965. The van der Waals surface area contributed by atoms with Crippen LogP contribution in [0.4, 0.5) is 24.5 Å². The second-order valence-corrected chi connectivity index (χ2v) is 6.01. The van der Waals surface area contributed by atoms with E-state index in [1.807, 2.05) is 0 Å². The number of carbonyl (C=O) groups excluding carboxylic acids is 1. The minimum Gasteiger partial charge on any atom is -0.435 e. The largest absolute Gasteiger partial charge is 0.435 e. The molecular formula is C18H17F3N2O3. The molecule has 0 aliphatic carbocycles. The average molecular weight is 366 g/mol. The predicted octanol–water partition coefficient (Wildman–Crippen LogP) is 4.12. The number of ether oxygens (including phenoxy) is 1. The number of aldehydes is 1. The van der Waals surface area contributed by atoms with Crippen LogP contribution in [0.25, 0.3) is 0 Å². The van der Waals surface area contributed by atoms with E-state index in [1.54, 1.807) is 0 Å². The summed E-state index contributed by atoms with van der Waals surface area (Å²) in [5, 5.41) is 20.8. The Morgan fingerprint density at radius 1 is 1.31 bits per heavy atom. The van der Waals surface area contributed by atoms with Crippen molar-refractivity contribution in [2.45, 2.75) is 26.1 Å². The zero-order valence-corrected chi connectivity index (χ0v) is 14.0. The molecule has 0 amide bonds. The fraction of sp³-hybridized carbons (Fsp3) is 0.222. The topological polar surface area (TPSA) is 82.4 Å². The molecule has 0 atom stereocenters. The summed E-state index contributed by atoms with van der Waals surface area (Å²) in [6, 6.07) is 7.69. The maximum Gasteiger partial charge on any atom is 0.387 e. The highest BCUT2D eigenvalue weighted by molar-refractivity contribution is 6.09. The van der Waals surface area contributed by atoms with Crippen molar-refractivity contribution in [3.8, 4) is 5.75 Å². The van der Waals surface area contributed by atoms with Crippen LogP contribution in [0, 0.1) is 11.2 Å². The summed E-state index contributed by atoms with van der Waals surface area (Å²) >= 11 is 0. The zero-order valence-electron chi connectivity index (χ0n) is 14.0. The predicted molar refractivity (Wildman–Crippen MR) is 91.3 cm³/mol. The van der Waals surface area contributed by atoms with E-state index in [4.69, 9.17) is 5.41 Å². The molecule has 5 nitrogen and oxygen atoms in total. The van der Waals surface area contributed by atoms with Crippen molar-refractivity contribution < 1.29 is 27.8 Å². The van der Waals surface area contributed by atoms with E-state index in [0.717, 1.165) is 6.07 Å². The molecule has 0 aromatic heterocycles. The number of hydrogen-bond donors (Lipinski definition) is 3. The molecule has 138 valence electrons. The van der Waals surface area contributed by atoms with Gasteiger partial charge in [0.05, 0.1) is 11.4 Å². The number of benzene rings is 2. The molecule has 0 saturated carbocycles. The highest BCUT2D eigenvalue weighted by Gasteiger charge is 2.26. The molecule has 2 aromatic rings. The van der Waals surface area contributed by atoms with Gasteiger partial charge in [0, 0.05) is 22.9 Å². The van der Waals surface area contributed by atoms with Crippen molar-refractivity contribution in [3.63, 3.8) is 0 Å². The van der Waals surface area contributed by atoms with Crippen molar-refractivity contribution in [2.75, 3.05) is 5.32 Å². The van der Waals surface area contributed by atoms with E-state index in [-0.39, 0.29) is 34.0 Å². The van der Waals surface area contributed by atoms with E-state index in [0.29, 0.717) is 6.29 Å². The third-order valence-corrected chi connectivity index (χ3v) is 3.46. The lowest BCUT2D eigenvalue weighted by atomic mass is 9.93. The van der Waals surface area contributed by atoms with Crippen LogP contribution in [0.2, 0.25) is 0 Å². The molecule has 8 heteroatoms. The molecule has 26 heavy (non-hydrogen) atoms. The first kappa shape index (κ1) is 19.5. The van der Waals surface area contributed by atoms with Crippen LogP contribution in [-0.2, 0) is 0 Å². The molecule has 0 radical (unpaired) electrons. The van der Waals surface area contributed by atoms with Crippen molar-refractivity contribution in [1.82, 2.24) is 0 Å². The van der Waals surface area contributed by atoms with E-state index < -0.39 is 18.0 Å². The van der Waals surface area contributed by atoms with E-state index in [9.17, 15) is 23.1 Å². The maximum atomic E-state index is 14.5. The van der Waals surface area contributed by atoms with Gasteiger partial charge in [0.15, 0.2) is 0 Å². The highest BCUT2D eigenvalue weighted by atomic mass is 19.3. The number of alkyl halides is 2. The molecule has 0 spiro atoms. The Morgan fingerprint density at radius 3 is 2.58 bits per heavy atom. The van der Waals surface area contributed by atoms with E-state index in [2.05, 4.69) is 10.1 Å². The lowest BCUT2D eigenvalue weighted by Crippen LogP contribution is -2.32. The van der Waals surface area contributed by atoms with Gasteiger partial charge in [0.2, 0.25) is 0 Å². The molecule has 2 aromatic carbocycles. The SMILES string of the molecule is CC(C)(O)C(=N)c1cc(C=O)cc(F)c1Nc1cccc(OC(F)F)c1. The highest BCUT2D eigenvalue weighted by Crippen LogP contribution is 2.30. The normalized spacial score (nSPS) is 11.3. The first-order valence-corrected chi connectivity index (χ1v) is 7.54. The number of hydrogen-bond acceptors (Lipinski definition) is 5. The summed E-state index contributed by atoms with van der Waals surface area (Å²) in [4.78, 5) is 11.0. The van der Waals surface area contributed by atoms with Gasteiger partial charge in [0.25, 0.3) is 0 Å². The van der Waals surface area contributed by atoms with Crippen molar-refractivity contribution >= 4 is 23.4 Å². The van der Waals surface area contributed by atoms with Gasteiger partial charge in [-0.25, -0.2) is 4.39 Å². The Bertz CT molecular complexity index is 833. The third kappa shape index (κ3) is 4.60. The molecule has 0 unspecified atom stereocenters. The number of aliphatic hydroxyl groups is 1. The molecule has 0 bridgehead atoms. The second kappa shape index (κ2) is 7.57. The summed E-state index contributed by atoms with van der Waals surface area (Å²) in [6.45, 7) is -0.309. The van der Waals surface area contributed by atoms with Crippen LogP contribution in [-0.4, -0.2) is 29.3 Å². The van der Waals surface area contributed by atoms with Crippen molar-refractivity contribution in [3.05, 3.63) is 53.3 Å². The number of halogens is 3. The molecule has 0 saturated heterocycles. The monoisotopic (exact) mass is 366 g/mol. The Balaban J connectivity index is 2.49. The fourth-order valence-electron chi connectivity index (χ4n) is 2.24. The van der Waals surface area contributed by atoms with Gasteiger partial charge in [-0.1, -0.05) is 6.07 Å². The van der Waals surface area contributed by atoms with Gasteiger partial charge in [0.1, 0.15) is 23.5 Å². The van der Waals surface area contributed by atoms with Gasteiger partial charge in [-0.2, -0.15) is 8.78 Å². The first-order valence-electron chi connectivity index (χ1n) is 7.54. The van der Waals surface area contributed by atoms with Crippen LogP contribution in [0.1, 0.15) is 29.8 Å². The number of rotatable bonds is 7. The third-order valence-electron chi connectivity index (χ3n) is 3.46. The Morgan fingerprint density at radius 2 is 2.00 bits per heavy atom. The van der Waals surface area contributed by atoms with Crippen molar-refractivity contribution in [1.29, 1.82) is 5.41 Å². The quantitative estimate of drug-likeness (QED) is 0.508. The first-order chi connectivity index (χ1) is 12.1. The van der Waals surface area contributed by atoms with Crippen LogP contribution in [0.5, 0.6) is 5.75 Å². The number of carbonyl (C=O) groups is 1. The summed E-state index contributed by atoms with van der Waals surface area (Å²) in [5.41, 5.74) is -1.89. The standard InChI is InChI=1S/C18H17F3N2O3/c1-18(2,25)16(22)13-6-10(9-24)7-14(19)15(13)23-11-4-3-5-12(8-11)26-17(20)21/h3-9,17,22-23,25H,1-2H3. The zero-order chi connectivity index (χ0) is 19.5. The van der Waals surface area contributed by atoms with Gasteiger partial charge >= 0.3 is 6.61 Å². The second-order valence-electron chi connectivity index (χ2n) is 6.01. The van der Waals surface area contributed by atoms with Crippen LogP contribution >= 0.6 is 0 Å². The van der Waals surface area contributed by atoms with Gasteiger partial charge in [-0.15, -0.1) is 0 Å². The van der Waals surface area contributed by atoms with Gasteiger partial charge < -0.3 is 20.6 Å². The summed E-state index contributed by atoms with van der Waals surface area (Å²) < 4.78 is 43.5. The molecule has 0 fully saturated rings. The van der Waals surface area contributed by atoms with Gasteiger partial charge in [-0.05, 0) is 38.1 Å². The smallest absolute Gasteiger partial charge is 0.387 e. The minimum absolute atomic E-state index is 0.00756. The molecule has 0 heterocycles. The Labute approximate surface area is 147 Å². The lowest BCUT2D eigenvalue weighted by Gasteiger charge is -2.22. The van der Waals surface area contributed by atoms with Crippen LogP contribution < -0.4 is 10.1 Å². The number of nitrogens with one attached hydrogen (secondary N) is 2. The van der Waals surface area contributed by atoms with E-state index >= 15 is 0 Å². The molecule has 2 rings (SSSR count). The van der Waals surface area contributed by atoms with E-state index in [1.165, 1.54) is 44.2 Å². The maximum absolute atomic E-state index is 14.5.